The van der Waals surface area contributed by atoms with Gasteiger partial charge in [-0.3, -0.25) is 0 Å². The van der Waals surface area contributed by atoms with E-state index >= 15 is 0 Å². The lowest BCUT2D eigenvalue weighted by atomic mass is 10.2. The number of phenols is 1. The maximum Gasteiger partial charge on any atom is 0.138 e. The van der Waals surface area contributed by atoms with Gasteiger partial charge in [0.25, 0.3) is 0 Å². The number of ether oxygens (including phenoxy) is 1. The Hall–Kier alpha value is -0.480. The van der Waals surface area contributed by atoms with Crippen molar-refractivity contribution in [2.24, 2.45) is 5.92 Å². The third-order valence-electron chi connectivity index (χ3n) is 2.30. The Morgan fingerprint density at radius 1 is 1.33 bits per heavy atom. The summed E-state index contributed by atoms with van der Waals surface area (Å²) in [5.74, 6) is 0.623. The lowest BCUT2D eigenvalue weighted by Crippen LogP contribution is -2.20. The Morgan fingerprint density at radius 2 is 2.06 bits per heavy atom. The van der Waals surface area contributed by atoms with Crippen LogP contribution < -0.4 is 5.32 Å². The second-order valence-corrected chi connectivity index (χ2v) is 5.38. The van der Waals surface area contributed by atoms with Gasteiger partial charge in [-0.15, -0.1) is 0 Å². The summed E-state index contributed by atoms with van der Waals surface area (Å²) in [7, 11) is 0. The fourth-order valence-corrected chi connectivity index (χ4v) is 1.98. The molecule has 102 valence electrons. The molecule has 0 amide bonds. The number of hydrogen-bond acceptors (Lipinski definition) is 3. The molecular weight excluding hydrogens is 273 g/mol. The van der Waals surface area contributed by atoms with Crippen LogP contribution in [0.4, 0.5) is 0 Å². The fraction of sp³-hybridized carbons (Fsp3) is 0.538. The molecule has 0 aromatic heterocycles. The Kier molecular flexibility index (Phi) is 6.79. The molecule has 0 spiro atoms. The quantitative estimate of drug-likeness (QED) is 0.756. The summed E-state index contributed by atoms with van der Waals surface area (Å²) in [5, 5.41) is 13.7. The molecule has 1 rings (SSSR count). The number of aromatic hydroxyl groups is 1. The highest BCUT2D eigenvalue weighted by molar-refractivity contribution is 6.35. The number of nitrogens with one attached hydrogen (secondary N) is 1. The maximum absolute atomic E-state index is 9.74. The molecule has 0 atom stereocenters. The highest BCUT2D eigenvalue weighted by Crippen LogP contribution is 2.30. The molecule has 1 aromatic rings. The Morgan fingerprint density at radius 3 is 2.72 bits per heavy atom. The molecule has 0 aliphatic rings. The standard InChI is InChI=1S/C13H19Cl2NO2/c1-9(2)8-18-4-3-16-7-10-5-11(14)6-12(15)13(10)17/h5-6,9,16-17H,3-4,7-8H2,1-2H3. The van der Waals surface area contributed by atoms with Gasteiger partial charge in [-0.2, -0.15) is 0 Å². The van der Waals surface area contributed by atoms with E-state index in [0.29, 0.717) is 29.7 Å². The second-order valence-electron chi connectivity index (χ2n) is 4.54. The van der Waals surface area contributed by atoms with Crippen molar-refractivity contribution in [3.8, 4) is 5.75 Å². The van der Waals surface area contributed by atoms with Crippen molar-refractivity contribution in [3.05, 3.63) is 27.7 Å². The summed E-state index contributed by atoms with van der Waals surface area (Å²) in [6.45, 7) is 6.86. The average molecular weight is 292 g/mol. The van der Waals surface area contributed by atoms with E-state index in [1.165, 1.54) is 6.07 Å². The van der Waals surface area contributed by atoms with Crippen molar-refractivity contribution in [1.29, 1.82) is 0 Å². The van der Waals surface area contributed by atoms with Crippen LogP contribution in [0.2, 0.25) is 10.0 Å². The molecule has 0 saturated carbocycles. The Balaban J connectivity index is 2.31. The number of phenolic OH excluding ortho intramolecular Hbond substituents is 1. The van der Waals surface area contributed by atoms with E-state index in [2.05, 4.69) is 19.2 Å². The molecule has 0 radical (unpaired) electrons. The molecule has 0 heterocycles. The third-order valence-corrected chi connectivity index (χ3v) is 2.80. The number of benzene rings is 1. The van der Waals surface area contributed by atoms with E-state index in [9.17, 15) is 5.11 Å². The van der Waals surface area contributed by atoms with Gasteiger partial charge in [-0.25, -0.2) is 0 Å². The minimum Gasteiger partial charge on any atom is -0.506 e. The third kappa shape index (κ3) is 5.44. The molecule has 0 fully saturated rings. The van der Waals surface area contributed by atoms with Crippen molar-refractivity contribution in [2.75, 3.05) is 19.8 Å². The fourth-order valence-electron chi connectivity index (χ4n) is 1.44. The van der Waals surface area contributed by atoms with Crippen molar-refractivity contribution in [2.45, 2.75) is 20.4 Å². The van der Waals surface area contributed by atoms with E-state index in [1.807, 2.05) is 0 Å². The van der Waals surface area contributed by atoms with Crippen LogP contribution in [0.15, 0.2) is 12.1 Å². The van der Waals surface area contributed by atoms with Crippen molar-refractivity contribution >= 4 is 23.2 Å². The van der Waals surface area contributed by atoms with Gasteiger partial charge in [-0.05, 0) is 18.1 Å². The van der Waals surface area contributed by atoms with Crippen molar-refractivity contribution in [3.63, 3.8) is 0 Å². The molecule has 0 unspecified atom stereocenters. The SMILES string of the molecule is CC(C)COCCNCc1cc(Cl)cc(Cl)c1O. The molecule has 0 saturated heterocycles. The molecule has 0 aliphatic heterocycles. The van der Waals surface area contributed by atoms with Gasteiger partial charge >= 0.3 is 0 Å². The zero-order valence-corrected chi connectivity index (χ0v) is 12.2. The maximum atomic E-state index is 9.74. The summed E-state index contributed by atoms with van der Waals surface area (Å²) in [6, 6.07) is 3.22. The van der Waals surface area contributed by atoms with E-state index in [0.717, 1.165) is 13.2 Å². The largest absolute Gasteiger partial charge is 0.506 e. The monoisotopic (exact) mass is 291 g/mol. The highest BCUT2D eigenvalue weighted by Gasteiger charge is 2.07. The first-order valence-electron chi connectivity index (χ1n) is 5.96. The van der Waals surface area contributed by atoms with Crippen LogP contribution in [0, 0.1) is 5.92 Å². The number of hydrogen-bond donors (Lipinski definition) is 2. The lowest BCUT2D eigenvalue weighted by Gasteiger charge is -2.10. The topological polar surface area (TPSA) is 41.5 Å². The van der Waals surface area contributed by atoms with Gasteiger partial charge in [0.2, 0.25) is 0 Å². The van der Waals surface area contributed by atoms with E-state index in [1.54, 1.807) is 6.07 Å². The zero-order chi connectivity index (χ0) is 13.5. The highest BCUT2D eigenvalue weighted by atomic mass is 35.5. The number of halogens is 2. The summed E-state index contributed by atoms with van der Waals surface area (Å²) in [6.07, 6.45) is 0. The van der Waals surface area contributed by atoms with Crippen LogP contribution >= 0.6 is 23.2 Å². The predicted octanol–water partition coefficient (Wildman–Crippen LogP) is 3.46. The van der Waals surface area contributed by atoms with Gasteiger partial charge in [0.15, 0.2) is 0 Å². The van der Waals surface area contributed by atoms with Crippen LogP contribution in [-0.2, 0) is 11.3 Å². The molecule has 1 aromatic carbocycles. The summed E-state index contributed by atoms with van der Waals surface area (Å²) >= 11 is 11.7. The molecule has 2 N–H and O–H groups in total. The van der Waals surface area contributed by atoms with Crippen LogP contribution in [-0.4, -0.2) is 24.9 Å². The zero-order valence-electron chi connectivity index (χ0n) is 10.7. The summed E-state index contributed by atoms with van der Waals surface area (Å²) in [4.78, 5) is 0. The van der Waals surface area contributed by atoms with Gasteiger partial charge in [0.1, 0.15) is 5.75 Å². The Labute approximate surface area is 118 Å². The van der Waals surface area contributed by atoms with Crippen LogP contribution in [0.1, 0.15) is 19.4 Å². The first kappa shape index (κ1) is 15.6. The van der Waals surface area contributed by atoms with Gasteiger partial charge < -0.3 is 15.2 Å². The molecule has 0 aliphatic carbocycles. The smallest absolute Gasteiger partial charge is 0.138 e. The van der Waals surface area contributed by atoms with Crippen molar-refractivity contribution in [1.82, 2.24) is 5.32 Å². The van der Waals surface area contributed by atoms with Gasteiger partial charge in [0, 0.05) is 30.3 Å². The summed E-state index contributed by atoms with van der Waals surface area (Å²) in [5.41, 5.74) is 0.691. The number of rotatable bonds is 7. The predicted molar refractivity (Wildman–Crippen MR) is 75.5 cm³/mol. The first-order valence-corrected chi connectivity index (χ1v) is 6.71. The van der Waals surface area contributed by atoms with E-state index < -0.39 is 0 Å². The molecule has 5 heteroatoms. The molecule has 3 nitrogen and oxygen atoms in total. The minimum absolute atomic E-state index is 0.0802. The van der Waals surface area contributed by atoms with E-state index in [-0.39, 0.29) is 10.8 Å². The average Bonchev–Trinajstić information content (AvgIpc) is 2.29. The van der Waals surface area contributed by atoms with Gasteiger partial charge in [-0.1, -0.05) is 37.0 Å². The Bertz CT molecular complexity index is 383. The molecular formula is C13H19Cl2NO2. The molecule has 18 heavy (non-hydrogen) atoms. The van der Waals surface area contributed by atoms with Crippen molar-refractivity contribution < 1.29 is 9.84 Å². The minimum atomic E-state index is 0.0802. The normalized spacial score (nSPS) is 11.2. The van der Waals surface area contributed by atoms with Crippen LogP contribution in [0.5, 0.6) is 5.75 Å². The van der Waals surface area contributed by atoms with Crippen LogP contribution in [0.25, 0.3) is 0 Å². The first-order chi connectivity index (χ1) is 8.50. The van der Waals surface area contributed by atoms with Gasteiger partial charge in [0.05, 0.1) is 11.6 Å². The lowest BCUT2D eigenvalue weighted by molar-refractivity contribution is 0.111. The van der Waals surface area contributed by atoms with E-state index in [4.69, 9.17) is 27.9 Å². The summed E-state index contributed by atoms with van der Waals surface area (Å²) < 4.78 is 5.43. The second kappa shape index (κ2) is 7.85. The van der Waals surface area contributed by atoms with Crippen LogP contribution in [0.3, 0.4) is 0 Å². The molecule has 0 bridgehead atoms.